The highest BCUT2D eigenvalue weighted by Crippen LogP contribution is 2.62. The molecule has 1 aliphatic rings. The molecule has 0 bridgehead atoms. The van der Waals surface area contributed by atoms with Gasteiger partial charge in [-0.15, -0.1) is 0 Å². The normalized spacial score (nSPS) is 25.7. The Morgan fingerprint density at radius 1 is 1.12 bits per heavy atom. The van der Waals surface area contributed by atoms with Crippen LogP contribution in [-0.2, 0) is 14.6 Å². The van der Waals surface area contributed by atoms with E-state index in [4.69, 9.17) is 0 Å². The fraction of sp³-hybridized carbons (Fsp3) is 0.222. The Balaban J connectivity index is 2.08. The molecule has 0 aliphatic heterocycles. The zero-order valence-electron chi connectivity index (χ0n) is 12.8. The van der Waals surface area contributed by atoms with E-state index in [0.717, 1.165) is 5.56 Å². The first kappa shape index (κ1) is 16.3. The SMILES string of the molecule is Cc1ccc(S(=O)(=O)[C@@H]2[C@@H](c3ccc(F)cc3)[C@@]2(C#N)C=O)cc1. The first-order chi connectivity index (χ1) is 11.4. The minimum atomic E-state index is -3.87. The summed E-state index contributed by atoms with van der Waals surface area (Å²) in [4.78, 5) is 11.6. The van der Waals surface area contributed by atoms with Gasteiger partial charge in [0.05, 0.1) is 11.0 Å². The van der Waals surface area contributed by atoms with Crippen molar-refractivity contribution < 1.29 is 17.6 Å². The van der Waals surface area contributed by atoms with E-state index in [1.54, 1.807) is 12.1 Å². The van der Waals surface area contributed by atoms with E-state index >= 15 is 0 Å². The fourth-order valence-corrected chi connectivity index (χ4v) is 5.34. The van der Waals surface area contributed by atoms with Crippen LogP contribution in [0.1, 0.15) is 17.0 Å². The maximum Gasteiger partial charge on any atom is 0.183 e. The van der Waals surface area contributed by atoms with Crippen molar-refractivity contribution in [1.82, 2.24) is 0 Å². The van der Waals surface area contributed by atoms with Crippen LogP contribution in [0.4, 0.5) is 4.39 Å². The van der Waals surface area contributed by atoms with Crippen LogP contribution in [0.3, 0.4) is 0 Å². The largest absolute Gasteiger partial charge is 0.302 e. The predicted molar refractivity (Wildman–Crippen MR) is 85.4 cm³/mol. The summed E-state index contributed by atoms with van der Waals surface area (Å²) in [7, 11) is -3.87. The van der Waals surface area contributed by atoms with Crippen LogP contribution >= 0.6 is 0 Å². The summed E-state index contributed by atoms with van der Waals surface area (Å²) in [6, 6.07) is 13.3. The lowest BCUT2D eigenvalue weighted by atomic mass is 10.0. The molecule has 3 atom stereocenters. The van der Waals surface area contributed by atoms with Gasteiger partial charge in [-0.25, -0.2) is 12.8 Å². The molecular weight excluding hydrogens is 329 g/mol. The molecule has 0 radical (unpaired) electrons. The maximum atomic E-state index is 13.1. The van der Waals surface area contributed by atoms with E-state index in [0.29, 0.717) is 11.8 Å². The summed E-state index contributed by atoms with van der Waals surface area (Å²) in [6.07, 6.45) is 0.400. The van der Waals surface area contributed by atoms with Crippen LogP contribution in [-0.4, -0.2) is 20.0 Å². The van der Waals surface area contributed by atoms with Crippen molar-refractivity contribution in [3.8, 4) is 6.07 Å². The van der Waals surface area contributed by atoms with E-state index in [-0.39, 0.29) is 4.90 Å². The Morgan fingerprint density at radius 3 is 2.21 bits per heavy atom. The van der Waals surface area contributed by atoms with Crippen LogP contribution < -0.4 is 0 Å². The summed E-state index contributed by atoms with van der Waals surface area (Å²) in [5.74, 6) is -1.27. The van der Waals surface area contributed by atoms with Crippen molar-refractivity contribution in [2.75, 3.05) is 0 Å². The van der Waals surface area contributed by atoms with E-state index < -0.39 is 32.2 Å². The molecule has 4 nitrogen and oxygen atoms in total. The molecule has 0 aromatic heterocycles. The van der Waals surface area contributed by atoms with E-state index in [1.165, 1.54) is 36.4 Å². The maximum absolute atomic E-state index is 13.1. The number of carbonyl (C=O) groups is 1. The molecule has 1 saturated carbocycles. The second kappa shape index (κ2) is 5.53. The van der Waals surface area contributed by atoms with Crippen molar-refractivity contribution in [2.45, 2.75) is 23.0 Å². The molecular formula is C18H14FNO3S. The average molecular weight is 343 g/mol. The van der Waals surface area contributed by atoms with Crippen molar-refractivity contribution in [2.24, 2.45) is 5.41 Å². The summed E-state index contributed by atoms with van der Waals surface area (Å²) in [5, 5.41) is 8.28. The van der Waals surface area contributed by atoms with Gasteiger partial charge in [0.15, 0.2) is 9.84 Å². The van der Waals surface area contributed by atoms with Gasteiger partial charge in [-0.1, -0.05) is 29.8 Å². The van der Waals surface area contributed by atoms with Gasteiger partial charge in [-0.3, -0.25) is 0 Å². The first-order valence-corrected chi connectivity index (χ1v) is 8.85. The molecule has 1 fully saturated rings. The van der Waals surface area contributed by atoms with Gasteiger partial charge in [0.2, 0.25) is 0 Å². The van der Waals surface area contributed by atoms with Crippen molar-refractivity contribution in [1.29, 1.82) is 5.26 Å². The quantitative estimate of drug-likeness (QED) is 0.800. The van der Waals surface area contributed by atoms with Gasteiger partial charge in [0.25, 0.3) is 0 Å². The lowest BCUT2D eigenvalue weighted by Gasteiger charge is -2.05. The molecule has 0 saturated heterocycles. The van der Waals surface area contributed by atoms with Gasteiger partial charge in [0, 0.05) is 5.92 Å². The molecule has 24 heavy (non-hydrogen) atoms. The lowest BCUT2D eigenvalue weighted by Crippen LogP contribution is -2.16. The molecule has 3 rings (SSSR count). The highest BCUT2D eigenvalue weighted by molar-refractivity contribution is 7.92. The van der Waals surface area contributed by atoms with Gasteiger partial charge < -0.3 is 4.79 Å². The van der Waals surface area contributed by atoms with Crippen LogP contribution in [0.15, 0.2) is 53.4 Å². The Morgan fingerprint density at radius 2 is 1.71 bits per heavy atom. The van der Waals surface area contributed by atoms with Crippen molar-refractivity contribution in [3.05, 3.63) is 65.5 Å². The van der Waals surface area contributed by atoms with Gasteiger partial charge >= 0.3 is 0 Å². The number of nitriles is 1. The fourth-order valence-electron chi connectivity index (χ4n) is 3.11. The third-order valence-corrected chi connectivity index (χ3v) is 6.74. The number of hydrogen-bond donors (Lipinski definition) is 0. The lowest BCUT2D eigenvalue weighted by molar-refractivity contribution is -0.110. The zero-order chi connectivity index (χ0) is 17.5. The molecule has 0 unspecified atom stereocenters. The molecule has 0 amide bonds. The van der Waals surface area contributed by atoms with E-state index in [1.807, 2.05) is 13.0 Å². The smallest absolute Gasteiger partial charge is 0.183 e. The summed E-state index contributed by atoms with van der Waals surface area (Å²) >= 11 is 0. The van der Waals surface area contributed by atoms with Crippen molar-refractivity contribution in [3.63, 3.8) is 0 Å². The Bertz CT molecular complexity index is 930. The number of hydrogen-bond acceptors (Lipinski definition) is 4. The zero-order valence-corrected chi connectivity index (χ0v) is 13.6. The summed E-state index contributed by atoms with van der Waals surface area (Å²) in [5.41, 5.74) is -0.269. The van der Waals surface area contributed by atoms with E-state index in [9.17, 15) is 22.9 Å². The van der Waals surface area contributed by atoms with Crippen LogP contribution in [0, 0.1) is 29.5 Å². The predicted octanol–water partition coefficient (Wildman–Crippen LogP) is 2.78. The number of carbonyl (C=O) groups excluding carboxylic acids is 1. The van der Waals surface area contributed by atoms with Gasteiger partial charge in [-0.2, -0.15) is 5.26 Å². The minimum Gasteiger partial charge on any atom is -0.302 e. The van der Waals surface area contributed by atoms with E-state index in [2.05, 4.69) is 0 Å². The molecule has 0 spiro atoms. The third-order valence-electron chi connectivity index (χ3n) is 4.48. The second-order valence-corrected chi connectivity index (χ2v) is 8.04. The first-order valence-electron chi connectivity index (χ1n) is 7.30. The Hall–Kier alpha value is -2.52. The minimum absolute atomic E-state index is 0.0733. The van der Waals surface area contributed by atoms with Gasteiger partial charge in [0.1, 0.15) is 22.8 Å². The summed E-state index contributed by atoms with van der Waals surface area (Å²) < 4.78 is 38.9. The monoisotopic (exact) mass is 343 g/mol. The highest BCUT2D eigenvalue weighted by atomic mass is 32.2. The number of rotatable bonds is 4. The number of nitrogens with zero attached hydrogens (tertiary/aromatic N) is 1. The second-order valence-electron chi connectivity index (χ2n) is 5.97. The van der Waals surface area contributed by atoms with Crippen LogP contribution in [0.25, 0.3) is 0 Å². The third kappa shape index (κ3) is 2.33. The standard InChI is InChI=1S/C18H14FNO3S/c1-12-2-8-15(9-3-12)24(22,23)17-16(18(17,10-20)11-21)13-4-6-14(19)7-5-13/h2-9,11,16-17H,1H3/t16-,17-,18-/m1/s1. The molecule has 6 heteroatoms. The van der Waals surface area contributed by atoms with Crippen LogP contribution in [0.2, 0.25) is 0 Å². The average Bonchev–Trinajstić information content (AvgIpc) is 3.26. The number of aryl methyl sites for hydroxylation is 1. The highest BCUT2D eigenvalue weighted by Gasteiger charge is 2.72. The topological polar surface area (TPSA) is 75.0 Å². The van der Waals surface area contributed by atoms with Crippen LogP contribution in [0.5, 0.6) is 0 Å². The number of aldehydes is 1. The molecule has 0 N–H and O–H groups in total. The number of sulfone groups is 1. The molecule has 122 valence electrons. The van der Waals surface area contributed by atoms with Crippen molar-refractivity contribution >= 4 is 16.1 Å². The molecule has 1 aliphatic carbocycles. The Labute approximate surface area is 139 Å². The number of benzene rings is 2. The molecule has 0 heterocycles. The molecule has 2 aromatic carbocycles. The molecule has 2 aromatic rings. The number of halogens is 1. The van der Waals surface area contributed by atoms with Gasteiger partial charge in [-0.05, 0) is 36.8 Å². The Kier molecular flexibility index (Phi) is 3.77. The summed E-state index contributed by atoms with van der Waals surface area (Å²) in [6.45, 7) is 1.83.